The van der Waals surface area contributed by atoms with Crippen LogP contribution in [0.1, 0.15) is 21.6 Å². The van der Waals surface area contributed by atoms with Crippen molar-refractivity contribution in [3.05, 3.63) is 93.8 Å². The molecule has 4 rings (SSSR count). The lowest BCUT2D eigenvalue weighted by Gasteiger charge is -2.19. The fourth-order valence-electron chi connectivity index (χ4n) is 2.98. The highest BCUT2D eigenvalue weighted by Gasteiger charge is 2.24. The zero-order valence-electron chi connectivity index (χ0n) is 15.5. The third-order valence-corrected chi connectivity index (χ3v) is 5.48. The van der Waals surface area contributed by atoms with E-state index < -0.39 is 4.92 Å². The van der Waals surface area contributed by atoms with Crippen LogP contribution >= 0.6 is 11.3 Å². The Morgan fingerprint density at radius 3 is 2.69 bits per heavy atom. The normalized spacial score (nSPS) is 10.8. The number of benzene rings is 2. The van der Waals surface area contributed by atoms with E-state index in [2.05, 4.69) is 9.97 Å². The first kappa shape index (κ1) is 18.7. The number of fused-ring (bicyclic) bond motifs is 1. The number of carbonyl (C=O) groups is 1. The molecule has 0 bridgehead atoms. The van der Waals surface area contributed by atoms with Gasteiger partial charge >= 0.3 is 0 Å². The van der Waals surface area contributed by atoms with Gasteiger partial charge in [0.1, 0.15) is 0 Å². The van der Waals surface area contributed by atoms with Gasteiger partial charge in [-0.15, -0.1) is 0 Å². The van der Waals surface area contributed by atoms with Gasteiger partial charge in [0.15, 0.2) is 5.13 Å². The molecule has 0 fully saturated rings. The van der Waals surface area contributed by atoms with Crippen LogP contribution in [0.2, 0.25) is 0 Å². The highest BCUT2D eigenvalue weighted by Crippen LogP contribution is 2.32. The Balaban J connectivity index is 1.79. The van der Waals surface area contributed by atoms with Gasteiger partial charge in [0.25, 0.3) is 11.6 Å². The van der Waals surface area contributed by atoms with Gasteiger partial charge in [-0.2, -0.15) is 0 Å². The van der Waals surface area contributed by atoms with Gasteiger partial charge < -0.3 is 0 Å². The molecular formula is C21H16N4O3S. The van der Waals surface area contributed by atoms with Crippen molar-refractivity contribution in [1.29, 1.82) is 0 Å². The highest BCUT2D eigenvalue weighted by molar-refractivity contribution is 7.22. The van der Waals surface area contributed by atoms with Crippen molar-refractivity contribution < 1.29 is 9.72 Å². The number of nitro benzene ring substituents is 1. The molecule has 0 saturated heterocycles. The molecule has 0 spiro atoms. The summed E-state index contributed by atoms with van der Waals surface area (Å²) in [6, 6.07) is 17.1. The number of rotatable bonds is 5. The van der Waals surface area contributed by atoms with Crippen LogP contribution < -0.4 is 4.90 Å². The second-order valence-corrected chi connectivity index (χ2v) is 7.45. The van der Waals surface area contributed by atoms with Crippen molar-refractivity contribution in [2.75, 3.05) is 4.90 Å². The third-order valence-electron chi connectivity index (χ3n) is 4.44. The molecule has 0 unspecified atom stereocenters. The molecule has 0 N–H and O–H groups in total. The van der Waals surface area contributed by atoms with Gasteiger partial charge in [-0.3, -0.25) is 24.8 Å². The maximum absolute atomic E-state index is 13.3. The summed E-state index contributed by atoms with van der Waals surface area (Å²) < 4.78 is 0.970. The first-order valence-corrected chi connectivity index (χ1v) is 9.67. The zero-order valence-corrected chi connectivity index (χ0v) is 16.3. The summed E-state index contributed by atoms with van der Waals surface area (Å²) in [4.78, 5) is 34.4. The standard InChI is InChI=1S/C21H16N4O3S/c1-14-6-4-10-18-19(14)23-21(29-18)24(13-16-8-2-3-11-22-16)20(26)15-7-5-9-17(12-15)25(27)28/h2-12H,13H2,1H3. The molecule has 0 aliphatic heterocycles. The maximum Gasteiger partial charge on any atom is 0.270 e. The van der Waals surface area contributed by atoms with E-state index in [0.717, 1.165) is 15.8 Å². The van der Waals surface area contributed by atoms with Crippen LogP contribution in [0.25, 0.3) is 10.2 Å². The monoisotopic (exact) mass is 404 g/mol. The predicted molar refractivity (Wildman–Crippen MR) is 112 cm³/mol. The Kier molecular flexibility index (Phi) is 5.01. The van der Waals surface area contributed by atoms with E-state index in [4.69, 9.17) is 0 Å². The van der Waals surface area contributed by atoms with E-state index in [0.29, 0.717) is 10.8 Å². The molecule has 0 aliphatic rings. The molecule has 144 valence electrons. The van der Waals surface area contributed by atoms with Gasteiger partial charge in [0, 0.05) is 23.9 Å². The van der Waals surface area contributed by atoms with E-state index >= 15 is 0 Å². The summed E-state index contributed by atoms with van der Waals surface area (Å²) in [5.41, 5.74) is 2.65. The van der Waals surface area contributed by atoms with Gasteiger partial charge in [0.2, 0.25) is 0 Å². The number of thiazole rings is 1. The lowest BCUT2D eigenvalue weighted by Crippen LogP contribution is -2.30. The Morgan fingerprint density at radius 1 is 1.14 bits per heavy atom. The lowest BCUT2D eigenvalue weighted by atomic mass is 10.1. The quantitative estimate of drug-likeness (QED) is 0.354. The first-order valence-electron chi connectivity index (χ1n) is 8.85. The SMILES string of the molecule is Cc1cccc2sc(N(Cc3ccccn3)C(=O)c3cccc([N+](=O)[O-])c3)nc12. The van der Waals surface area contributed by atoms with Gasteiger partial charge in [-0.05, 0) is 36.8 Å². The number of para-hydroxylation sites is 1. The number of pyridine rings is 1. The van der Waals surface area contributed by atoms with E-state index in [1.165, 1.54) is 34.4 Å². The van der Waals surface area contributed by atoms with Crippen molar-refractivity contribution in [2.45, 2.75) is 13.5 Å². The van der Waals surface area contributed by atoms with Crippen molar-refractivity contribution in [2.24, 2.45) is 0 Å². The summed E-state index contributed by atoms with van der Waals surface area (Å²) in [6.07, 6.45) is 1.66. The topological polar surface area (TPSA) is 89.2 Å². The summed E-state index contributed by atoms with van der Waals surface area (Å²) in [5, 5.41) is 11.6. The Hall–Kier alpha value is -3.65. The average molecular weight is 404 g/mol. The van der Waals surface area contributed by atoms with Crippen LogP contribution in [0.15, 0.2) is 66.9 Å². The predicted octanol–water partition coefficient (Wildman–Crippen LogP) is 4.75. The number of nitro groups is 1. The van der Waals surface area contributed by atoms with Crippen LogP contribution in [0.5, 0.6) is 0 Å². The highest BCUT2D eigenvalue weighted by atomic mass is 32.1. The largest absolute Gasteiger partial charge is 0.278 e. The molecule has 8 heteroatoms. The summed E-state index contributed by atoms with van der Waals surface area (Å²) in [5.74, 6) is -0.365. The van der Waals surface area contributed by atoms with Gasteiger partial charge in [0.05, 0.1) is 27.4 Å². The Bertz CT molecular complexity index is 1210. The summed E-state index contributed by atoms with van der Waals surface area (Å²) in [6.45, 7) is 2.18. The number of aromatic nitrogens is 2. The molecule has 2 aromatic carbocycles. The fourth-order valence-corrected chi connectivity index (χ4v) is 4.02. The summed E-state index contributed by atoms with van der Waals surface area (Å²) >= 11 is 1.40. The molecule has 2 heterocycles. The maximum atomic E-state index is 13.3. The van der Waals surface area contributed by atoms with E-state index in [-0.39, 0.29) is 23.7 Å². The second kappa shape index (κ2) is 7.76. The molecule has 0 radical (unpaired) electrons. The molecule has 29 heavy (non-hydrogen) atoms. The van der Waals surface area contributed by atoms with Crippen LogP contribution in [-0.4, -0.2) is 20.8 Å². The number of hydrogen-bond acceptors (Lipinski definition) is 6. The van der Waals surface area contributed by atoms with Crippen molar-refractivity contribution in [3.8, 4) is 0 Å². The Morgan fingerprint density at radius 2 is 1.97 bits per heavy atom. The number of nitrogens with zero attached hydrogens (tertiary/aromatic N) is 4. The molecule has 7 nitrogen and oxygen atoms in total. The fraction of sp³-hybridized carbons (Fsp3) is 0.0952. The van der Waals surface area contributed by atoms with Crippen LogP contribution in [-0.2, 0) is 6.54 Å². The number of carbonyl (C=O) groups excluding carboxylic acids is 1. The minimum absolute atomic E-state index is 0.131. The van der Waals surface area contributed by atoms with Crippen LogP contribution in [0.3, 0.4) is 0 Å². The molecule has 0 atom stereocenters. The smallest absolute Gasteiger partial charge is 0.270 e. The van der Waals surface area contributed by atoms with Crippen molar-refractivity contribution in [3.63, 3.8) is 0 Å². The lowest BCUT2D eigenvalue weighted by molar-refractivity contribution is -0.384. The Labute approximate surface area is 170 Å². The third kappa shape index (κ3) is 3.83. The van der Waals surface area contributed by atoms with E-state index in [1.54, 1.807) is 18.3 Å². The number of hydrogen-bond donors (Lipinski definition) is 0. The minimum Gasteiger partial charge on any atom is -0.278 e. The number of aryl methyl sites for hydroxylation is 1. The van der Waals surface area contributed by atoms with E-state index in [1.807, 2.05) is 37.3 Å². The van der Waals surface area contributed by atoms with Crippen molar-refractivity contribution >= 4 is 38.3 Å². The molecule has 4 aromatic rings. The average Bonchev–Trinajstić information content (AvgIpc) is 3.18. The number of non-ortho nitro benzene ring substituents is 1. The van der Waals surface area contributed by atoms with Gasteiger partial charge in [-0.1, -0.05) is 35.6 Å². The number of amides is 1. The minimum atomic E-state index is -0.513. The molecule has 2 aromatic heterocycles. The van der Waals surface area contributed by atoms with Gasteiger partial charge in [-0.25, -0.2) is 4.98 Å². The molecule has 0 saturated carbocycles. The first-order chi connectivity index (χ1) is 14.0. The zero-order chi connectivity index (χ0) is 20.4. The molecule has 0 aliphatic carbocycles. The van der Waals surface area contributed by atoms with E-state index in [9.17, 15) is 14.9 Å². The summed E-state index contributed by atoms with van der Waals surface area (Å²) in [7, 11) is 0. The molecule has 1 amide bonds. The second-order valence-electron chi connectivity index (χ2n) is 6.44. The molecular weight excluding hydrogens is 388 g/mol. The van der Waals surface area contributed by atoms with Crippen LogP contribution in [0, 0.1) is 17.0 Å². The van der Waals surface area contributed by atoms with Crippen molar-refractivity contribution in [1.82, 2.24) is 9.97 Å². The number of anilines is 1. The van der Waals surface area contributed by atoms with Crippen LogP contribution in [0.4, 0.5) is 10.8 Å².